The first-order chi connectivity index (χ1) is 9.05. The van der Waals surface area contributed by atoms with E-state index in [0.717, 1.165) is 23.0 Å². The highest BCUT2D eigenvalue weighted by molar-refractivity contribution is 7.21. The molecule has 96 valence electrons. The number of halogens is 3. The minimum absolute atomic E-state index is 0.168. The number of benzene rings is 1. The van der Waals surface area contributed by atoms with Crippen molar-refractivity contribution in [2.24, 2.45) is 0 Å². The van der Waals surface area contributed by atoms with Crippen molar-refractivity contribution in [1.29, 1.82) is 0 Å². The van der Waals surface area contributed by atoms with Crippen molar-refractivity contribution < 1.29 is 13.2 Å². The Morgan fingerprint density at radius 2 is 1.74 bits per heavy atom. The zero-order chi connectivity index (χ0) is 13.5. The van der Waals surface area contributed by atoms with Gasteiger partial charge in [0.15, 0.2) is 0 Å². The molecule has 3 rings (SSSR count). The van der Waals surface area contributed by atoms with Gasteiger partial charge in [0.2, 0.25) is 0 Å². The molecule has 0 amide bonds. The van der Waals surface area contributed by atoms with Gasteiger partial charge in [-0.1, -0.05) is 6.07 Å². The minimum atomic E-state index is -4.36. The number of thiazole rings is 1. The van der Waals surface area contributed by atoms with E-state index in [1.165, 1.54) is 6.07 Å². The molecule has 0 fully saturated rings. The predicted molar refractivity (Wildman–Crippen MR) is 67.9 cm³/mol. The van der Waals surface area contributed by atoms with Crippen LogP contribution in [0.5, 0.6) is 0 Å². The van der Waals surface area contributed by atoms with E-state index in [2.05, 4.69) is 9.97 Å². The first-order valence-electron chi connectivity index (χ1n) is 5.43. The van der Waals surface area contributed by atoms with Gasteiger partial charge >= 0.3 is 6.18 Å². The SMILES string of the molecule is FC(F)(F)c1cccc2nc(-c3ccncc3)sc12. The number of aromatic nitrogens is 2. The van der Waals surface area contributed by atoms with Crippen molar-refractivity contribution in [3.63, 3.8) is 0 Å². The highest BCUT2D eigenvalue weighted by atomic mass is 32.1. The first kappa shape index (κ1) is 12.1. The molecular formula is C13H7F3N2S. The lowest BCUT2D eigenvalue weighted by Crippen LogP contribution is -2.04. The van der Waals surface area contributed by atoms with Crippen molar-refractivity contribution >= 4 is 21.6 Å². The van der Waals surface area contributed by atoms with Crippen LogP contribution in [0.2, 0.25) is 0 Å². The van der Waals surface area contributed by atoms with Gasteiger partial charge < -0.3 is 0 Å². The Kier molecular flexibility index (Phi) is 2.74. The molecule has 3 aromatic rings. The molecule has 0 aliphatic carbocycles. The molecule has 0 spiro atoms. The number of rotatable bonds is 1. The average Bonchev–Trinajstić information content (AvgIpc) is 2.82. The maximum Gasteiger partial charge on any atom is 0.417 e. The zero-order valence-corrected chi connectivity index (χ0v) is 10.3. The molecule has 0 N–H and O–H groups in total. The van der Waals surface area contributed by atoms with Crippen LogP contribution in [0, 0.1) is 0 Å². The molecule has 6 heteroatoms. The summed E-state index contributed by atoms with van der Waals surface area (Å²) in [4.78, 5) is 8.13. The van der Waals surface area contributed by atoms with Crippen LogP contribution in [-0.4, -0.2) is 9.97 Å². The minimum Gasteiger partial charge on any atom is -0.265 e. The Balaban J connectivity index is 2.22. The lowest BCUT2D eigenvalue weighted by Gasteiger charge is -2.06. The van der Waals surface area contributed by atoms with Crippen LogP contribution in [0.3, 0.4) is 0 Å². The molecule has 0 saturated heterocycles. The van der Waals surface area contributed by atoms with Crippen LogP contribution in [0.4, 0.5) is 13.2 Å². The van der Waals surface area contributed by atoms with Gasteiger partial charge in [0.25, 0.3) is 0 Å². The van der Waals surface area contributed by atoms with E-state index in [1.54, 1.807) is 30.6 Å². The van der Waals surface area contributed by atoms with Gasteiger partial charge in [-0.2, -0.15) is 13.2 Å². The lowest BCUT2D eigenvalue weighted by molar-refractivity contribution is -0.136. The molecule has 19 heavy (non-hydrogen) atoms. The predicted octanol–water partition coefficient (Wildman–Crippen LogP) is 4.38. The fraction of sp³-hybridized carbons (Fsp3) is 0.0769. The zero-order valence-electron chi connectivity index (χ0n) is 9.48. The second kappa shape index (κ2) is 4.31. The third-order valence-electron chi connectivity index (χ3n) is 2.65. The Hall–Kier alpha value is -1.95. The van der Waals surface area contributed by atoms with Gasteiger partial charge in [0.05, 0.1) is 15.8 Å². The topological polar surface area (TPSA) is 25.8 Å². The van der Waals surface area contributed by atoms with Crippen LogP contribution in [-0.2, 0) is 6.18 Å². The van der Waals surface area contributed by atoms with Gasteiger partial charge in [0, 0.05) is 18.0 Å². The van der Waals surface area contributed by atoms with Crippen LogP contribution in [0.15, 0.2) is 42.7 Å². The molecule has 0 saturated carbocycles. The van der Waals surface area contributed by atoms with E-state index in [0.29, 0.717) is 10.5 Å². The molecule has 1 aromatic carbocycles. The smallest absolute Gasteiger partial charge is 0.265 e. The van der Waals surface area contributed by atoms with E-state index in [1.807, 2.05) is 0 Å². The number of hydrogen-bond donors (Lipinski definition) is 0. The van der Waals surface area contributed by atoms with Crippen molar-refractivity contribution in [2.45, 2.75) is 6.18 Å². The molecule has 0 aliphatic rings. The first-order valence-corrected chi connectivity index (χ1v) is 6.24. The highest BCUT2D eigenvalue weighted by Gasteiger charge is 2.33. The number of hydrogen-bond acceptors (Lipinski definition) is 3. The molecule has 0 radical (unpaired) electrons. The molecule has 2 nitrogen and oxygen atoms in total. The largest absolute Gasteiger partial charge is 0.417 e. The summed E-state index contributed by atoms with van der Waals surface area (Å²) < 4.78 is 38.9. The van der Waals surface area contributed by atoms with Gasteiger partial charge in [0.1, 0.15) is 5.01 Å². The van der Waals surface area contributed by atoms with E-state index >= 15 is 0 Å². The molecule has 0 atom stereocenters. The summed E-state index contributed by atoms with van der Waals surface area (Å²) in [6, 6.07) is 7.50. The summed E-state index contributed by atoms with van der Waals surface area (Å²) in [5.41, 5.74) is 0.499. The number of nitrogens with zero attached hydrogens (tertiary/aromatic N) is 2. The summed E-state index contributed by atoms with van der Waals surface area (Å²) in [7, 11) is 0. The second-order valence-corrected chi connectivity index (χ2v) is 4.91. The summed E-state index contributed by atoms with van der Waals surface area (Å²) >= 11 is 1.04. The van der Waals surface area contributed by atoms with E-state index in [9.17, 15) is 13.2 Å². The number of fused-ring (bicyclic) bond motifs is 1. The lowest BCUT2D eigenvalue weighted by atomic mass is 10.2. The van der Waals surface area contributed by atoms with Gasteiger partial charge in [-0.05, 0) is 24.3 Å². The number of pyridine rings is 1. The summed E-state index contributed by atoms with van der Waals surface area (Å²) in [5, 5.41) is 0.564. The van der Waals surface area contributed by atoms with E-state index in [-0.39, 0.29) is 4.70 Å². The third-order valence-corrected chi connectivity index (χ3v) is 3.80. The molecule has 2 heterocycles. The Bertz CT molecular complexity index is 720. The number of alkyl halides is 3. The monoisotopic (exact) mass is 280 g/mol. The fourth-order valence-corrected chi connectivity index (χ4v) is 2.89. The van der Waals surface area contributed by atoms with Gasteiger partial charge in [-0.3, -0.25) is 4.98 Å². The van der Waals surface area contributed by atoms with Crippen LogP contribution >= 0.6 is 11.3 Å². The Morgan fingerprint density at radius 1 is 1.00 bits per heavy atom. The van der Waals surface area contributed by atoms with Crippen molar-refractivity contribution in [2.75, 3.05) is 0 Å². The van der Waals surface area contributed by atoms with Crippen molar-refractivity contribution in [3.05, 3.63) is 48.3 Å². The van der Waals surface area contributed by atoms with Crippen LogP contribution in [0.25, 0.3) is 20.8 Å². The maximum absolute atomic E-state index is 12.9. The summed E-state index contributed by atoms with van der Waals surface area (Å²) in [6.45, 7) is 0. The molecular weight excluding hydrogens is 273 g/mol. The van der Waals surface area contributed by atoms with Crippen LogP contribution in [0.1, 0.15) is 5.56 Å². The average molecular weight is 280 g/mol. The van der Waals surface area contributed by atoms with E-state index < -0.39 is 11.7 Å². The van der Waals surface area contributed by atoms with Gasteiger partial charge in [-0.25, -0.2) is 4.98 Å². The molecule has 2 aromatic heterocycles. The van der Waals surface area contributed by atoms with Crippen molar-refractivity contribution in [1.82, 2.24) is 9.97 Å². The molecule has 0 bridgehead atoms. The normalized spacial score (nSPS) is 11.9. The molecule has 0 unspecified atom stereocenters. The van der Waals surface area contributed by atoms with Crippen molar-refractivity contribution in [3.8, 4) is 10.6 Å². The second-order valence-electron chi connectivity index (χ2n) is 3.91. The standard InChI is InChI=1S/C13H7F3N2S/c14-13(15,16)9-2-1-3-10-11(9)19-12(18-10)8-4-6-17-7-5-8/h1-7H. The highest BCUT2D eigenvalue weighted by Crippen LogP contribution is 2.39. The quantitative estimate of drug-likeness (QED) is 0.661. The molecule has 0 aliphatic heterocycles. The summed E-state index contributed by atoms with van der Waals surface area (Å²) in [6.07, 6.45) is -1.18. The maximum atomic E-state index is 12.9. The Morgan fingerprint density at radius 3 is 2.42 bits per heavy atom. The van der Waals surface area contributed by atoms with Gasteiger partial charge in [-0.15, -0.1) is 11.3 Å². The van der Waals surface area contributed by atoms with Crippen LogP contribution < -0.4 is 0 Å². The third kappa shape index (κ3) is 2.19. The van der Waals surface area contributed by atoms with E-state index in [4.69, 9.17) is 0 Å². The Labute approximate surface area is 110 Å². The summed E-state index contributed by atoms with van der Waals surface area (Å²) in [5.74, 6) is 0. The fourth-order valence-electron chi connectivity index (χ4n) is 1.79.